The van der Waals surface area contributed by atoms with Crippen molar-refractivity contribution in [1.29, 1.82) is 5.26 Å². The minimum atomic E-state index is -0.534. The second kappa shape index (κ2) is 6.12. The molecular formula is C14H11ClN2O3S. The zero-order valence-corrected chi connectivity index (χ0v) is 12.9. The van der Waals surface area contributed by atoms with Crippen molar-refractivity contribution in [3.05, 3.63) is 28.3 Å². The molecule has 1 N–H and O–H groups in total. The summed E-state index contributed by atoms with van der Waals surface area (Å²) in [6.07, 6.45) is 0. The predicted octanol–water partition coefficient (Wildman–Crippen LogP) is 3.56. The molecule has 21 heavy (non-hydrogen) atoms. The lowest BCUT2D eigenvalue weighted by Gasteiger charge is -2.04. The molecule has 0 saturated carbocycles. The summed E-state index contributed by atoms with van der Waals surface area (Å²) in [5.74, 6) is -0.836. The first-order valence-corrected chi connectivity index (χ1v) is 7.28. The summed E-state index contributed by atoms with van der Waals surface area (Å²) in [7, 11) is 0. The molecule has 0 saturated heterocycles. The van der Waals surface area contributed by atoms with Crippen molar-refractivity contribution in [2.24, 2.45) is 0 Å². The Morgan fingerprint density at radius 3 is 2.76 bits per heavy atom. The van der Waals surface area contributed by atoms with Crippen LogP contribution in [-0.2, 0) is 9.53 Å². The molecule has 1 aromatic heterocycles. The van der Waals surface area contributed by atoms with Gasteiger partial charge in [-0.25, -0.2) is 4.79 Å². The maximum absolute atomic E-state index is 12.1. The van der Waals surface area contributed by atoms with Gasteiger partial charge in [-0.1, -0.05) is 17.7 Å². The molecule has 7 heteroatoms. The number of carbonyl (C=O) groups excluding carboxylic acids is 2. The molecule has 0 atom stereocenters. The van der Waals surface area contributed by atoms with E-state index >= 15 is 0 Å². The lowest BCUT2D eigenvalue weighted by Crippen LogP contribution is -2.10. The highest BCUT2D eigenvalue weighted by molar-refractivity contribution is 7.24. The van der Waals surface area contributed by atoms with Crippen molar-refractivity contribution in [2.45, 2.75) is 13.8 Å². The van der Waals surface area contributed by atoms with E-state index in [-0.39, 0.29) is 23.1 Å². The Kier molecular flexibility index (Phi) is 4.46. The molecule has 0 unspecified atom stereocenters. The number of benzene rings is 1. The number of nitrogens with zero attached hydrogens (tertiary/aromatic N) is 1. The average Bonchev–Trinajstić information content (AvgIpc) is 2.77. The molecule has 2 rings (SSSR count). The number of thiophene rings is 1. The van der Waals surface area contributed by atoms with E-state index in [1.807, 2.05) is 6.07 Å². The molecule has 2 aromatic rings. The number of fused-ring (bicyclic) bond motifs is 1. The minimum Gasteiger partial charge on any atom is -0.462 e. The van der Waals surface area contributed by atoms with Crippen molar-refractivity contribution in [1.82, 2.24) is 0 Å². The number of hydrogen-bond donors (Lipinski definition) is 1. The van der Waals surface area contributed by atoms with Crippen LogP contribution in [0.1, 0.15) is 29.8 Å². The lowest BCUT2D eigenvalue weighted by atomic mass is 10.1. The zero-order valence-electron chi connectivity index (χ0n) is 11.3. The largest absolute Gasteiger partial charge is 0.462 e. The van der Waals surface area contributed by atoms with E-state index < -0.39 is 5.97 Å². The van der Waals surface area contributed by atoms with E-state index in [9.17, 15) is 9.59 Å². The Hall–Kier alpha value is -2.10. The first kappa shape index (κ1) is 15.3. The predicted molar refractivity (Wildman–Crippen MR) is 81.8 cm³/mol. The highest BCUT2D eigenvalue weighted by atomic mass is 35.5. The van der Waals surface area contributed by atoms with Crippen molar-refractivity contribution >= 4 is 49.9 Å². The summed E-state index contributed by atoms with van der Waals surface area (Å²) in [6.45, 7) is 3.27. The number of amides is 1. The summed E-state index contributed by atoms with van der Waals surface area (Å²) in [4.78, 5) is 23.4. The van der Waals surface area contributed by atoms with Crippen LogP contribution in [0.5, 0.6) is 0 Å². The van der Waals surface area contributed by atoms with E-state index in [4.69, 9.17) is 21.6 Å². The third-order valence-corrected chi connectivity index (χ3v) is 4.33. The second-order valence-electron chi connectivity index (χ2n) is 4.12. The van der Waals surface area contributed by atoms with Crippen LogP contribution in [0.25, 0.3) is 10.1 Å². The molecule has 108 valence electrons. The van der Waals surface area contributed by atoms with Gasteiger partial charge in [0.15, 0.2) is 0 Å². The summed E-state index contributed by atoms with van der Waals surface area (Å²) >= 11 is 7.32. The molecule has 1 aromatic carbocycles. The van der Waals surface area contributed by atoms with Gasteiger partial charge < -0.3 is 10.1 Å². The number of esters is 1. The number of hydrogen-bond acceptors (Lipinski definition) is 5. The van der Waals surface area contributed by atoms with Crippen LogP contribution < -0.4 is 5.32 Å². The second-order valence-corrected chi connectivity index (χ2v) is 5.52. The summed E-state index contributed by atoms with van der Waals surface area (Å²) in [6, 6.07) is 5.15. The van der Waals surface area contributed by atoms with Crippen molar-refractivity contribution in [3.8, 4) is 6.07 Å². The number of ether oxygens (including phenoxy) is 1. The van der Waals surface area contributed by atoms with Gasteiger partial charge >= 0.3 is 5.97 Å². The van der Waals surface area contributed by atoms with Gasteiger partial charge in [0.2, 0.25) is 5.91 Å². The van der Waals surface area contributed by atoms with Gasteiger partial charge in [0, 0.05) is 12.3 Å². The van der Waals surface area contributed by atoms with Crippen molar-refractivity contribution in [2.75, 3.05) is 11.9 Å². The molecule has 0 fully saturated rings. The van der Waals surface area contributed by atoms with Gasteiger partial charge in [0.25, 0.3) is 0 Å². The minimum absolute atomic E-state index is 0.222. The van der Waals surface area contributed by atoms with Crippen LogP contribution in [-0.4, -0.2) is 18.5 Å². The molecule has 1 heterocycles. The quantitative estimate of drug-likeness (QED) is 0.876. The highest BCUT2D eigenvalue weighted by Gasteiger charge is 2.23. The summed E-state index contributed by atoms with van der Waals surface area (Å²) in [5.41, 5.74) is 0.577. The molecule has 1 amide bonds. The average molecular weight is 323 g/mol. The van der Waals surface area contributed by atoms with Gasteiger partial charge in [0.05, 0.1) is 21.9 Å². The summed E-state index contributed by atoms with van der Waals surface area (Å²) < 4.78 is 5.59. The first-order chi connectivity index (χ1) is 9.99. The molecule has 0 aliphatic heterocycles. The van der Waals surface area contributed by atoms with Crippen LogP contribution in [0, 0.1) is 11.3 Å². The van der Waals surface area contributed by atoms with Gasteiger partial charge in [-0.15, -0.1) is 11.3 Å². The third kappa shape index (κ3) is 2.84. The topological polar surface area (TPSA) is 79.2 Å². The van der Waals surface area contributed by atoms with E-state index in [2.05, 4.69) is 5.32 Å². The number of rotatable bonds is 3. The lowest BCUT2D eigenvalue weighted by molar-refractivity contribution is -0.114. The van der Waals surface area contributed by atoms with Crippen molar-refractivity contribution in [3.63, 3.8) is 0 Å². The van der Waals surface area contributed by atoms with Crippen LogP contribution >= 0.6 is 22.9 Å². The SMILES string of the molecule is CCOC(=O)c1c(NC(C)=O)sc2c(Cl)c(C#N)ccc12. The maximum Gasteiger partial charge on any atom is 0.341 e. The third-order valence-electron chi connectivity index (χ3n) is 2.69. The fourth-order valence-electron chi connectivity index (χ4n) is 1.87. The van der Waals surface area contributed by atoms with Crippen LogP contribution in [0.3, 0.4) is 0 Å². The number of carbonyl (C=O) groups is 2. The molecule has 0 spiro atoms. The Morgan fingerprint density at radius 2 is 2.19 bits per heavy atom. The van der Waals surface area contributed by atoms with Crippen LogP contribution in [0.4, 0.5) is 5.00 Å². The number of nitrogens with one attached hydrogen (secondary N) is 1. The van der Waals surface area contributed by atoms with Gasteiger partial charge in [-0.2, -0.15) is 5.26 Å². The monoisotopic (exact) mass is 322 g/mol. The molecular weight excluding hydrogens is 312 g/mol. The molecule has 0 radical (unpaired) electrons. The Bertz CT molecular complexity index is 777. The van der Waals surface area contributed by atoms with Crippen LogP contribution in [0.15, 0.2) is 12.1 Å². The van der Waals surface area contributed by atoms with E-state index in [1.165, 1.54) is 13.0 Å². The molecule has 0 bridgehead atoms. The number of halogens is 1. The van der Waals surface area contributed by atoms with Gasteiger partial charge in [0.1, 0.15) is 16.6 Å². The zero-order chi connectivity index (χ0) is 15.6. The summed E-state index contributed by atoms with van der Waals surface area (Å²) in [5, 5.41) is 12.8. The maximum atomic E-state index is 12.1. The van der Waals surface area contributed by atoms with E-state index in [0.29, 0.717) is 20.7 Å². The van der Waals surface area contributed by atoms with Gasteiger partial charge in [-0.3, -0.25) is 4.79 Å². The molecule has 0 aliphatic carbocycles. The fraction of sp³-hybridized carbons (Fsp3) is 0.214. The Labute approximate surface area is 130 Å². The van der Waals surface area contributed by atoms with Crippen LogP contribution in [0.2, 0.25) is 5.02 Å². The smallest absolute Gasteiger partial charge is 0.341 e. The standard InChI is InChI=1S/C14H11ClN2O3S/c1-3-20-14(19)10-9-5-4-8(6-16)11(15)12(9)21-13(10)17-7(2)18/h4-5H,3H2,1-2H3,(H,17,18). The first-order valence-electron chi connectivity index (χ1n) is 6.09. The highest BCUT2D eigenvalue weighted by Crippen LogP contribution is 2.41. The number of anilines is 1. The molecule has 0 aliphatic rings. The van der Waals surface area contributed by atoms with Crippen molar-refractivity contribution < 1.29 is 14.3 Å². The fourth-order valence-corrected chi connectivity index (χ4v) is 3.36. The molecule has 5 nitrogen and oxygen atoms in total. The van der Waals surface area contributed by atoms with Gasteiger partial charge in [-0.05, 0) is 13.0 Å². The number of nitriles is 1. The van der Waals surface area contributed by atoms with E-state index in [1.54, 1.807) is 13.0 Å². The Balaban J connectivity index is 2.73. The normalized spacial score (nSPS) is 10.2. The Morgan fingerprint density at radius 1 is 1.48 bits per heavy atom. The van der Waals surface area contributed by atoms with E-state index in [0.717, 1.165) is 11.3 Å².